The summed E-state index contributed by atoms with van der Waals surface area (Å²) < 4.78 is 5.01. The third-order valence-electron chi connectivity index (χ3n) is 3.27. The molecule has 0 aliphatic heterocycles. The van der Waals surface area contributed by atoms with Crippen molar-refractivity contribution in [3.63, 3.8) is 0 Å². The molecule has 1 aromatic carbocycles. The van der Waals surface area contributed by atoms with Gasteiger partial charge in [-0.1, -0.05) is 6.07 Å². The summed E-state index contributed by atoms with van der Waals surface area (Å²) in [7, 11) is 3.70. The van der Waals surface area contributed by atoms with Crippen molar-refractivity contribution in [3.05, 3.63) is 36.0 Å². The number of aromatic nitrogens is 1. The van der Waals surface area contributed by atoms with Crippen LogP contribution in [0.25, 0.3) is 10.9 Å². The summed E-state index contributed by atoms with van der Waals surface area (Å²) in [6.07, 6.45) is 1.87. The second-order valence-corrected chi connectivity index (χ2v) is 4.83. The molecule has 2 rings (SSSR count). The Morgan fingerprint density at radius 1 is 1.35 bits per heavy atom. The first kappa shape index (κ1) is 14.6. The minimum Gasteiger partial charge on any atom is -0.383 e. The van der Waals surface area contributed by atoms with Crippen molar-refractivity contribution in [3.8, 4) is 0 Å². The van der Waals surface area contributed by atoms with E-state index in [1.54, 1.807) is 7.11 Å². The summed E-state index contributed by atoms with van der Waals surface area (Å²) in [4.78, 5) is 17.3. The van der Waals surface area contributed by atoms with Gasteiger partial charge in [-0.05, 0) is 30.6 Å². The van der Waals surface area contributed by atoms with Crippen LogP contribution in [-0.4, -0.2) is 56.2 Å². The Morgan fingerprint density at radius 3 is 3.00 bits per heavy atom. The fourth-order valence-corrected chi connectivity index (χ4v) is 2.01. The van der Waals surface area contributed by atoms with E-state index in [-0.39, 0.29) is 5.91 Å². The predicted molar refractivity (Wildman–Crippen MR) is 80.0 cm³/mol. The van der Waals surface area contributed by atoms with Crippen molar-refractivity contribution in [2.24, 2.45) is 0 Å². The van der Waals surface area contributed by atoms with Crippen LogP contribution in [0.1, 0.15) is 10.4 Å². The van der Waals surface area contributed by atoms with Gasteiger partial charge in [-0.25, -0.2) is 0 Å². The lowest BCUT2D eigenvalue weighted by atomic mass is 10.1. The van der Waals surface area contributed by atoms with Gasteiger partial charge in [0.05, 0.1) is 6.61 Å². The first-order valence-corrected chi connectivity index (χ1v) is 6.73. The Morgan fingerprint density at radius 2 is 2.20 bits per heavy atom. The lowest BCUT2D eigenvalue weighted by molar-refractivity contribution is 0.0947. The second kappa shape index (κ2) is 7.07. The number of carbonyl (C=O) groups excluding carboxylic acids is 1. The number of nitrogens with one attached hydrogen (secondary N) is 2. The number of likely N-dealkylation sites (N-methyl/N-ethyl adjacent to an activating group) is 1. The number of fused-ring (bicyclic) bond motifs is 1. The highest BCUT2D eigenvalue weighted by molar-refractivity contribution is 5.97. The summed E-state index contributed by atoms with van der Waals surface area (Å²) in [6.45, 7) is 3.00. The summed E-state index contributed by atoms with van der Waals surface area (Å²) in [5.41, 5.74) is 1.66. The molecular weight excluding hydrogens is 254 g/mol. The van der Waals surface area contributed by atoms with E-state index in [0.29, 0.717) is 18.7 Å². The minimum atomic E-state index is -0.0401. The van der Waals surface area contributed by atoms with E-state index in [4.69, 9.17) is 4.74 Å². The second-order valence-electron chi connectivity index (χ2n) is 4.83. The number of ether oxygens (including phenoxy) is 1. The molecule has 0 saturated heterocycles. The molecular formula is C15H21N3O2. The van der Waals surface area contributed by atoms with Crippen LogP contribution in [-0.2, 0) is 4.74 Å². The SMILES string of the molecule is COCCN(C)CCNC(=O)c1ccc2cc[nH]c2c1. The molecule has 1 amide bonds. The van der Waals surface area contributed by atoms with Crippen molar-refractivity contribution in [1.82, 2.24) is 15.2 Å². The molecule has 1 heterocycles. The van der Waals surface area contributed by atoms with Crippen LogP contribution in [0.4, 0.5) is 0 Å². The maximum Gasteiger partial charge on any atom is 0.251 e. The van der Waals surface area contributed by atoms with Crippen molar-refractivity contribution in [1.29, 1.82) is 0 Å². The number of nitrogens with zero attached hydrogens (tertiary/aromatic N) is 1. The third-order valence-corrected chi connectivity index (χ3v) is 3.27. The molecule has 0 bridgehead atoms. The average molecular weight is 275 g/mol. The van der Waals surface area contributed by atoms with Gasteiger partial charge in [0.1, 0.15) is 0 Å². The number of rotatable bonds is 7. The van der Waals surface area contributed by atoms with Gasteiger partial charge in [0.25, 0.3) is 5.91 Å². The van der Waals surface area contributed by atoms with E-state index >= 15 is 0 Å². The van der Waals surface area contributed by atoms with E-state index in [1.807, 2.05) is 37.5 Å². The number of hydrogen-bond acceptors (Lipinski definition) is 3. The van der Waals surface area contributed by atoms with Gasteiger partial charge in [0.15, 0.2) is 0 Å². The maximum absolute atomic E-state index is 12.0. The molecule has 0 radical (unpaired) electrons. The zero-order chi connectivity index (χ0) is 14.4. The summed E-state index contributed by atoms with van der Waals surface area (Å²) >= 11 is 0. The minimum absolute atomic E-state index is 0.0401. The topological polar surface area (TPSA) is 57.4 Å². The molecule has 1 aromatic heterocycles. The van der Waals surface area contributed by atoms with Gasteiger partial charge < -0.3 is 19.9 Å². The fraction of sp³-hybridized carbons (Fsp3) is 0.400. The Hall–Kier alpha value is -1.85. The number of benzene rings is 1. The molecule has 108 valence electrons. The highest BCUT2D eigenvalue weighted by Crippen LogP contribution is 2.13. The van der Waals surface area contributed by atoms with E-state index < -0.39 is 0 Å². The van der Waals surface area contributed by atoms with Crippen molar-refractivity contribution < 1.29 is 9.53 Å². The lowest BCUT2D eigenvalue weighted by Crippen LogP contribution is -2.34. The molecule has 0 aliphatic rings. The molecule has 0 unspecified atom stereocenters. The standard InChI is InChI=1S/C15H21N3O2/c1-18(9-10-20-2)8-7-17-15(19)13-4-3-12-5-6-16-14(12)11-13/h3-6,11,16H,7-10H2,1-2H3,(H,17,19). The molecule has 5 nitrogen and oxygen atoms in total. The van der Waals surface area contributed by atoms with Crippen LogP contribution in [0.3, 0.4) is 0 Å². The van der Waals surface area contributed by atoms with Crippen molar-refractivity contribution in [2.45, 2.75) is 0 Å². The molecule has 20 heavy (non-hydrogen) atoms. The lowest BCUT2D eigenvalue weighted by Gasteiger charge is -2.16. The first-order valence-electron chi connectivity index (χ1n) is 6.73. The Kier molecular flexibility index (Phi) is 5.15. The highest BCUT2D eigenvalue weighted by Gasteiger charge is 2.06. The first-order chi connectivity index (χ1) is 9.70. The normalized spacial score (nSPS) is 11.2. The number of methoxy groups -OCH3 is 1. The summed E-state index contributed by atoms with van der Waals surface area (Å²) in [6, 6.07) is 7.66. The molecule has 0 aliphatic carbocycles. The van der Waals surface area contributed by atoms with Crippen LogP contribution in [0.15, 0.2) is 30.5 Å². The van der Waals surface area contributed by atoms with Crippen molar-refractivity contribution in [2.75, 3.05) is 40.4 Å². The molecule has 0 spiro atoms. The smallest absolute Gasteiger partial charge is 0.251 e. The Balaban J connectivity index is 1.82. The number of aromatic amines is 1. The van der Waals surface area contributed by atoms with Crippen molar-refractivity contribution >= 4 is 16.8 Å². The van der Waals surface area contributed by atoms with Gasteiger partial charge in [-0.15, -0.1) is 0 Å². The van der Waals surface area contributed by atoms with E-state index in [2.05, 4.69) is 15.2 Å². The summed E-state index contributed by atoms with van der Waals surface area (Å²) in [5.74, 6) is -0.0401. The third kappa shape index (κ3) is 3.82. The number of H-pyrrole nitrogens is 1. The van der Waals surface area contributed by atoms with Crippen LogP contribution in [0.2, 0.25) is 0 Å². The maximum atomic E-state index is 12.0. The monoisotopic (exact) mass is 275 g/mol. The van der Waals surface area contributed by atoms with Crippen LogP contribution in [0, 0.1) is 0 Å². The van der Waals surface area contributed by atoms with E-state index in [0.717, 1.165) is 24.0 Å². The quantitative estimate of drug-likeness (QED) is 0.804. The fourth-order valence-electron chi connectivity index (χ4n) is 2.01. The zero-order valence-electron chi connectivity index (χ0n) is 12.0. The molecule has 5 heteroatoms. The van der Waals surface area contributed by atoms with E-state index in [1.165, 1.54) is 0 Å². The highest BCUT2D eigenvalue weighted by atomic mass is 16.5. The molecule has 2 N–H and O–H groups in total. The number of carbonyl (C=O) groups is 1. The largest absolute Gasteiger partial charge is 0.383 e. The van der Waals surface area contributed by atoms with E-state index in [9.17, 15) is 4.79 Å². The predicted octanol–water partition coefficient (Wildman–Crippen LogP) is 1.48. The number of hydrogen-bond donors (Lipinski definition) is 2. The molecule has 0 atom stereocenters. The molecule has 0 saturated carbocycles. The van der Waals surface area contributed by atoms with Gasteiger partial charge in [-0.2, -0.15) is 0 Å². The van der Waals surface area contributed by atoms with Crippen LogP contribution in [0.5, 0.6) is 0 Å². The Bertz CT molecular complexity index is 565. The Labute approximate surface area is 118 Å². The van der Waals surface area contributed by atoms with Gasteiger partial charge in [0.2, 0.25) is 0 Å². The van der Waals surface area contributed by atoms with Crippen LogP contribution < -0.4 is 5.32 Å². The molecule has 0 fully saturated rings. The number of amides is 1. The van der Waals surface area contributed by atoms with Crippen LogP contribution >= 0.6 is 0 Å². The van der Waals surface area contributed by atoms with Gasteiger partial charge in [-0.3, -0.25) is 4.79 Å². The average Bonchev–Trinajstić information content (AvgIpc) is 2.92. The zero-order valence-corrected chi connectivity index (χ0v) is 12.0. The van der Waals surface area contributed by atoms with Gasteiger partial charge >= 0.3 is 0 Å². The van der Waals surface area contributed by atoms with Gasteiger partial charge in [0, 0.05) is 44.0 Å². The summed E-state index contributed by atoms with van der Waals surface area (Å²) in [5, 5.41) is 4.04. The molecule has 2 aromatic rings.